The maximum absolute atomic E-state index is 5.67. The largest absolute Gasteiger partial charge is 0.314 e. The van der Waals surface area contributed by atoms with Gasteiger partial charge in [0.05, 0.1) is 16.7 Å². The second-order valence-electron chi connectivity index (χ2n) is 19.3. The van der Waals surface area contributed by atoms with Gasteiger partial charge in [0.1, 0.15) is 0 Å². The normalized spacial score (nSPS) is 17.0. The van der Waals surface area contributed by atoms with Crippen LogP contribution < -0.4 is 9.80 Å². The summed E-state index contributed by atoms with van der Waals surface area (Å²) in [6.07, 6.45) is 27.0. The van der Waals surface area contributed by atoms with Crippen molar-refractivity contribution in [1.82, 2.24) is 9.97 Å². The zero-order chi connectivity index (χ0) is 44.7. The van der Waals surface area contributed by atoms with Crippen molar-refractivity contribution >= 4 is 71.2 Å². The molecule has 7 aromatic carbocycles. The minimum absolute atomic E-state index is 0.927. The van der Waals surface area contributed by atoms with Crippen molar-refractivity contribution in [3.05, 3.63) is 222 Å². The van der Waals surface area contributed by atoms with Gasteiger partial charge in [-0.2, -0.15) is 0 Å². The summed E-state index contributed by atoms with van der Waals surface area (Å²) >= 11 is 0. The highest BCUT2D eigenvalue weighted by Crippen LogP contribution is 2.50. The molecular formula is C64H50N4. The van der Waals surface area contributed by atoms with Gasteiger partial charge in [-0.1, -0.05) is 115 Å². The molecule has 2 aliphatic heterocycles. The lowest BCUT2D eigenvalue weighted by Crippen LogP contribution is -2.24. The third kappa shape index (κ3) is 6.34. The molecule has 0 saturated carbocycles. The lowest BCUT2D eigenvalue weighted by Gasteiger charge is -2.33. The third-order valence-electron chi connectivity index (χ3n) is 15.4. The van der Waals surface area contributed by atoms with Crippen molar-refractivity contribution in [1.29, 1.82) is 0 Å². The number of aryl methyl sites for hydroxylation is 1. The number of hydrogen-bond acceptors (Lipinski definition) is 4. The highest BCUT2D eigenvalue weighted by Gasteiger charge is 2.30. The van der Waals surface area contributed by atoms with Gasteiger partial charge in [-0.25, -0.2) is 4.98 Å². The topological polar surface area (TPSA) is 32.3 Å². The van der Waals surface area contributed by atoms with E-state index in [2.05, 4.69) is 180 Å². The molecule has 0 spiro atoms. The third-order valence-corrected chi connectivity index (χ3v) is 15.4. The molecule has 4 nitrogen and oxygen atoms in total. The molecule has 0 saturated heterocycles. The van der Waals surface area contributed by atoms with E-state index in [-0.39, 0.29) is 0 Å². The molecule has 326 valence electrons. The van der Waals surface area contributed by atoms with E-state index in [4.69, 9.17) is 9.97 Å². The molecular weight excluding hydrogens is 825 g/mol. The van der Waals surface area contributed by atoms with Crippen molar-refractivity contribution in [2.45, 2.75) is 64.2 Å². The molecule has 0 bridgehead atoms. The second kappa shape index (κ2) is 15.9. The Morgan fingerprint density at radius 3 is 1.93 bits per heavy atom. The van der Waals surface area contributed by atoms with Crippen molar-refractivity contribution in [2.75, 3.05) is 9.80 Å². The first-order chi connectivity index (χ1) is 33.7. The molecule has 2 aromatic heterocycles. The Labute approximate surface area is 397 Å². The highest BCUT2D eigenvalue weighted by atomic mass is 15.2. The number of anilines is 3. The number of pyridine rings is 2. The van der Waals surface area contributed by atoms with Crippen molar-refractivity contribution in [2.24, 2.45) is 0 Å². The summed E-state index contributed by atoms with van der Waals surface area (Å²) in [6.45, 7) is 0. The van der Waals surface area contributed by atoms with E-state index in [0.717, 1.165) is 97.3 Å². The Balaban J connectivity index is 1.11. The molecule has 68 heavy (non-hydrogen) atoms. The standard InChI is InChI=1S/C64H50N4/c1-2-17-48-38-49(30-23-41(48)12-1)61-52-34-32-51(68-59-21-9-5-15-44(59)26-27-45-16-6-10-22-60(45)68)40-55(52)62(56-36-31-47-29-28-46-18-11-37-65-63(46)64(47)66-56)53-35-33-50(39-54(53)61)67-57-19-7-3-13-42(57)24-25-43-14-4-8-20-58(43)67/h1-3,5,7-8,10-13,15,17-20,22-23,28-40H,4,6,9,14,16,21,24-27H2. The average Bonchev–Trinajstić information content (AvgIpc) is 3.68. The molecule has 14 rings (SSSR count). The van der Waals surface area contributed by atoms with Crippen LogP contribution in [0, 0.1) is 0 Å². The lowest BCUT2D eigenvalue weighted by atomic mass is 9.85. The quantitative estimate of drug-likeness (QED) is 0.130. The Bertz CT molecular complexity index is 3820. The van der Waals surface area contributed by atoms with Crippen LogP contribution in [0.4, 0.5) is 17.1 Å². The Kier molecular flexibility index (Phi) is 9.21. The van der Waals surface area contributed by atoms with Gasteiger partial charge < -0.3 is 9.80 Å². The number of nitrogens with zero attached hydrogens (tertiary/aromatic N) is 4. The fourth-order valence-electron chi connectivity index (χ4n) is 12.2. The van der Waals surface area contributed by atoms with Crippen molar-refractivity contribution < 1.29 is 0 Å². The minimum Gasteiger partial charge on any atom is -0.314 e. The van der Waals surface area contributed by atoms with E-state index in [9.17, 15) is 0 Å². The zero-order valence-electron chi connectivity index (χ0n) is 38.2. The highest BCUT2D eigenvalue weighted by molar-refractivity contribution is 6.23. The van der Waals surface area contributed by atoms with E-state index in [1.54, 1.807) is 5.57 Å². The first-order valence-electron chi connectivity index (χ1n) is 24.7. The summed E-state index contributed by atoms with van der Waals surface area (Å²) in [7, 11) is 0. The fraction of sp³-hybridized carbons (Fsp3) is 0.156. The van der Waals surface area contributed by atoms with Gasteiger partial charge in [0.2, 0.25) is 0 Å². The maximum Gasteiger partial charge on any atom is 0.0972 e. The number of allylic oxidation sites excluding steroid dienone is 10. The summed E-state index contributed by atoms with van der Waals surface area (Å²) in [5.74, 6) is 0. The smallest absolute Gasteiger partial charge is 0.0972 e. The Morgan fingerprint density at radius 2 is 1.07 bits per heavy atom. The van der Waals surface area contributed by atoms with Gasteiger partial charge in [0.25, 0.3) is 0 Å². The summed E-state index contributed by atoms with van der Waals surface area (Å²) in [5.41, 5.74) is 20.2. The molecule has 5 aliphatic rings. The Morgan fingerprint density at radius 1 is 0.426 bits per heavy atom. The van der Waals surface area contributed by atoms with Gasteiger partial charge >= 0.3 is 0 Å². The van der Waals surface area contributed by atoms with Crippen LogP contribution in [0.2, 0.25) is 0 Å². The number of para-hydroxylation sites is 1. The number of hydrogen-bond donors (Lipinski definition) is 0. The van der Waals surface area contributed by atoms with Crippen LogP contribution in [0.1, 0.15) is 63.4 Å². The monoisotopic (exact) mass is 874 g/mol. The summed E-state index contributed by atoms with van der Waals surface area (Å²) in [5, 5.41) is 9.48. The summed E-state index contributed by atoms with van der Waals surface area (Å²) in [4.78, 5) is 15.8. The molecule has 4 heterocycles. The van der Waals surface area contributed by atoms with E-state index in [1.165, 1.54) is 94.3 Å². The Hall–Kier alpha value is -7.82. The lowest BCUT2D eigenvalue weighted by molar-refractivity contribution is 0.831. The van der Waals surface area contributed by atoms with Crippen molar-refractivity contribution in [3.8, 4) is 22.4 Å². The second-order valence-corrected chi connectivity index (χ2v) is 19.3. The van der Waals surface area contributed by atoms with E-state index >= 15 is 0 Å². The molecule has 0 amide bonds. The van der Waals surface area contributed by atoms with Crippen LogP contribution in [0.5, 0.6) is 0 Å². The fourth-order valence-corrected chi connectivity index (χ4v) is 12.2. The van der Waals surface area contributed by atoms with Gasteiger partial charge in [-0.3, -0.25) is 4.98 Å². The maximum atomic E-state index is 5.67. The average molecular weight is 875 g/mol. The molecule has 0 radical (unpaired) electrons. The minimum atomic E-state index is 0.927. The van der Waals surface area contributed by atoms with E-state index in [1.807, 2.05) is 12.3 Å². The van der Waals surface area contributed by atoms with Crippen LogP contribution in [-0.2, 0) is 6.42 Å². The van der Waals surface area contributed by atoms with Crippen LogP contribution >= 0.6 is 0 Å². The van der Waals surface area contributed by atoms with Crippen LogP contribution in [-0.4, -0.2) is 9.97 Å². The van der Waals surface area contributed by atoms with Crippen LogP contribution in [0.25, 0.3) is 76.5 Å². The number of rotatable bonds is 4. The van der Waals surface area contributed by atoms with E-state index in [0.29, 0.717) is 0 Å². The number of fused-ring (bicyclic) bond motifs is 7. The molecule has 0 atom stereocenters. The van der Waals surface area contributed by atoms with Gasteiger partial charge in [0, 0.05) is 56.7 Å². The molecule has 0 N–H and O–H groups in total. The first kappa shape index (κ1) is 39.4. The van der Waals surface area contributed by atoms with Crippen LogP contribution in [0.15, 0.2) is 216 Å². The first-order valence-corrected chi connectivity index (χ1v) is 24.7. The van der Waals surface area contributed by atoms with Crippen LogP contribution in [0.3, 0.4) is 0 Å². The summed E-state index contributed by atoms with van der Waals surface area (Å²) in [6, 6.07) is 52.5. The van der Waals surface area contributed by atoms with Gasteiger partial charge in [-0.05, 0) is 191 Å². The summed E-state index contributed by atoms with van der Waals surface area (Å²) < 4.78 is 0. The molecule has 4 heteroatoms. The molecule has 3 aliphatic carbocycles. The zero-order valence-corrected chi connectivity index (χ0v) is 38.2. The van der Waals surface area contributed by atoms with Crippen molar-refractivity contribution in [3.63, 3.8) is 0 Å². The predicted molar refractivity (Wildman–Crippen MR) is 285 cm³/mol. The molecule has 0 unspecified atom stereocenters. The van der Waals surface area contributed by atoms with Gasteiger partial charge in [0.15, 0.2) is 0 Å². The molecule has 9 aromatic rings. The molecule has 0 fully saturated rings. The SMILES string of the molecule is C1=CC2=C(CC1)CCC1=C(CCC=C1)N2c1ccc2c(-c3ccc4ccccc4c3)c3cc(N4C5=C(CCC=C5)CCc5ccccc54)ccc3c(-c3ccc4ccc5cccnc5c4n3)c2c1. The van der Waals surface area contributed by atoms with Gasteiger partial charge in [-0.15, -0.1) is 0 Å². The van der Waals surface area contributed by atoms with E-state index < -0.39 is 0 Å². The number of benzene rings is 7. The number of aromatic nitrogens is 2. The predicted octanol–water partition coefficient (Wildman–Crippen LogP) is 17.1.